The Balaban J connectivity index is 1.66. The molecule has 1 amide bonds. The van der Waals surface area contributed by atoms with E-state index in [4.69, 9.17) is 15.3 Å². The first-order chi connectivity index (χ1) is 14.0. The molecule has 3 N–H and O–H groups in total. The van der Waals surface area contributed by atoms with Gasteiger partial charge in [-0.05, 0) is 36.4 Å². The maximum absolute atomic E-state index is 12.3. The quantitative estimate of drug-likeness (QED) is 0.343. The Hall–Kier alpha value is -3.53. The Morgan fingerprint density at radius 1 is 1.10 bits per heavy atom. The molecule has 0 saturated heterocycles. The molecule has 2 aromatic carbocycles. The van der Waals surface area contributed by atoms with Gasteiger partial charge < -0.3 is 20.6 Å². The molecule has 0 bridgehead atoms. The number of aromatic nitrogens is 3. The highest BCUT2D eigenvalue weighted by Crippen LogP contribution is 2.24. The van der Waals surface area contributed by atoms with Gasteiger partial charge in [0.05, 0.1) is 31.2 Å². The number of nitrogens with zero attached hydrogens (tertiary/aromatic N) is 3. The average molecular weight is 413 g/mol. The van der Waals surface area contributed by atoms with Gasteiger partial charge in [-0.1, -0.05) is 23.9 Å². The molecule has 0 atom stereocenters. The summed E-state index contributed by atoms with van der Waals surface area (Å²) in [5.41, 5.74) is 1.42. The molecule has 1 aromatic heterocycles. The van der Waals surface area contributed by atoms with Gasteiger partial charge in [-0.3, -0.25) is 4.79 Å². The number of hydrogen-bond acceptors (Lipinski definition) is 8. The van der Waals surface area contributed by atoms with Crippen LogP contribution in [0.3, 0.4) is 0 Å². The van der Waals surface area contributed by atoms with Gasteiger partial charge >= 0.3 is 5.97 Å². The lowest BCUT2D eigenvalue weighted by Gasteiger charge is -2.09. The summed E-state index contributed by atoms with van der Waals surface area (Å²) in [5, 5.41) is 11.2. The summed E-state index contributed by atoms with van der Waals surface area (Å²) in [5.74, 6) is 6.44. The highest BCUT2D eigenvalue weighted by Gasteiger charge is 2.16. The van der Waals surface area contributed by atoms with Crippen LogP contribution in [-0.2, 0) is 9.53 Å². The second kappa shape index (κ2) is 9.11. The maximum Gasteiger partial charge on any atom is 0.339 e. The summed E-state index contributed by atoms with van der Waals surface area (Å²) >= 11 is 1.13. The van der Waals surface area contributed by atoms with Gasteiger partial charge in [-0.15, -0.1) is 10.2 Å². The van der Waals surface area contributed by atoms with Crippen molar-refractivity contribution in [2.75, 3.05) is 31.1 Å². The second-order valence-corrected chi connectivity index (χ2v) is 6.72. The first kappa shape index (κ1) is 20.2. The third-order valence-corrected chi connectivity index (χ3v) is 4.89. The lowest BCUT2D eigenvalue weighted by molar-refractivity contribution is -0.113. The van der Waals surface area contributed by atoms with E-state index in [0.29, 0.717) is 16.7 Å². The average Bonchev–Trinajstić information content (AvgIpc) is 3.12. The first-order valence-corrected chi connectivity index (χ1v) is 9.47. The number of amides is 1. The third kappa shape index (κ3) is 4.66. The predicted molar refractivity (Wildman–Crippen MR) is 109 cm³/mol. The van der Waals surface area contributed by atoms with E-state index in [1.165, 1.54) is 11.8 Å². The van der Waals surface area contributed by atoms with Crippen LogP contribution in [0.15, 0.2) is 53.7 Å². The fourth-order valence-electron chi connectivity index (χ4n) is 2.51. The van der Waals surface area contributed by atoms with Crippen LogP contribution in [0, 0.1) is 0 Å². The molecular weight excluding hydrogens is 394 g/mol. The van der Waals surface area contributed by atoms with Crippen molar-refractivity contribution >= 4 is 29.3 Å². The Morgan fingerprint density at radius 3 is 2.52 bits per heavy atom. The number of carbonyl (C=O) groups is 2. The monoisotopic (exact) mass is 413 g/mol. The van der Waals surface area contributed by atoms with Gasteiger partial charge in [0.2, 0.25) is 11.1 Å². The normalized spacial score (nSPS) is 10.4. The topological polar surface area (TPSA) is 121 Å². The minimum absolute atomic E-state index is 0.0352. The van der Waals surface area contributed by atoms with Gasteiger partial charge in [0.1, 0.15) is 5.75 Å². The largest absolute Gasteiger partial charge is 0.497 e. The number of carbonyl (C=O) groups excluding carboxylic acids is 2. The first-order valence-electron chi connectivity index (χ1n) is 8.48. The molecule has 0 saturated carbocycles. The van der Waals surface area contributed by atoms with Crippen LogP contribution < -0.4 is 15.9 Å². The van der Waals surface area contributed by atoms with Crippen molar-refractivity contribution in [1.82, 2.24) is 14.9 Å². The van der Waals surface area contributed by atoms with Crippen molar-refractivity contribution in [3.63, 3.8) is 0 Å². The van der Waals surface area contributed by atoms with Crippen LogP contribution in [0.25, 0.3) is 11.4 Å². The Labute approximate surface area is 171 Å². The van der Waals surface area contributed by atoms with Crippen molar-refractivity contribution in [3.05, 3.63) is 54.1 Å². The lowest BCUT2D eigenvalue weighted by atomic mass is 10.2. The van der Waals surface area contributed by atoms with E-state index in [2.05, 4.69) is 15.5 Å². The van der Waals surface area contributed by atoms with Crippen molar-refractivity contribution in [1.29, 1.82) is 0 Å². The molecule has 150 valence electrons. The number of benzene rings is 2. The summed E-state index contributed by atoms with van der Waals surface area (Å²) in [6, 6.07) is 13.8. The Bertz CT molecular complexity index is 1020. The Kier molecular flexibility index (Phi) is 6.35. The summed E-state index contributed by atoms with van der Waals surface area (Å²) < 4.78 is 11.2. The lowest BCUT2D eigenvalue weighted by Crippen LogP contribution is -2.18. The molecule has 0 aliphatic rings. The van der Waals surface area contributed by atoms with Gasteiger partial charge in [0.25, 0.3) is 0 Å². The molecule has 0 unspecified atom stereocenters. The van der Waals surface area contributed by atoms with E-state index in [-0.39, 0.29) is 17.2 Å². The number of nitrogen functional groups attached to an aromatic ring is 1. The number of hydrogen-bond donors (Lipinski definition) is 2. The molecule has 0 radical (unpaired) electrons. The SMILES string of the molecule is COC(=O)c1ccccc1NC(=O)CSc1nnc(-c2ccc(OC)cc2)n1N. The molecule has 0 aliphatic heterocycles. The molecule has 0 fully saturated rings. The second-order valence-electron chi connectivity index (χ2n) is 5.78. The van der Waals surface area contributed by atoms with Gasteiger partial charge in [0, 0.05) is 5.56 Å². The minimum Gasteiger partial charge on any atom is -0.497 e. The molecule has 1 heterocycles. The van der Waals surface area contributed by atoms with Crippen LogP contribution in [0.4, 0.5) is 5.69 Å². The number of nitrogens with two attached hydrogens (primary N) is 1. The number of anilines is 1. The zero-order valence-corrected chi connectivity index (χ0v) is 16.6. The molecule has 3 rings (SSSR count). The van der Waals surface area contributed by atoms with Crippen LogP contribution in [0.1, 0.15) is 10.4 Å². The van der Waals surface area contributed by atoms with Crippen molar-refractivity contribution in [2.45, 2.75) is 5.16 Å². The molecule has 10 heteroatoms. The number of thioether (sulfide) groups is 1. The minimum atomic E-state index is -0.528. The van der Waals surface area contributed by atoms with Crippen LogP contribution in [-0.4, -0.2) is 46.7 Å². The number of nitrogens with one attached hydrogen (secondary N) is 1. The smallest absolute Gasteiger partial charge is 0.339 e. The summed E-state index contributed by atoms with van der Waals surface area (Å²) in [6.07, 6.45) is 0. The van der Waals surface area contributed by atoms with E-state index < -0.39 is 5.97 Å². The molecule has 29 heavy (non-hydrogen) atoms. The zero-order chi connectivity index (χ0) is 20.8. The number of para-hydroxylation sites is 1. The van der Waals surface area contributed by atoms with Gasteiger partial charge in [0.15, 0.2) is 5.82 Å². The van der Waals surface area contributed by atoms with Crippen molar-refractivity contribution < 1.29 is 19.1 Å². The fraction of sp³-hybridized carbons (Fsp3) is 0.158. The standard InChI is InChI=1S/C19H19N5O4S/c1-27-13-9-7-12(8-10-13)17-22-23-19(24(17)20)29-11-16(25)21-15-6-4-3-5-14(15)18(26)28-2/h3-10H,11,20H2,1-2H3,(H,21,25). The molecule has 9 nitrogen and oxygen atoms in total. The van der Waals surface area contributed by atoms with Gasteiger partial charge in [-0.25, -0.2) is 9.47 Å². The van der Waals surface area contributed by atoms with Crippen LogP contribution >= 0.6 is 11.8 Å². The number of methoxy groups -OCH3 is 2. The summed E-state index contributed by atoms with van der Waals surface area (Å²) in [4.78, 5) is 24.1. The number of esters is 1. The van der Waals surface area contributed by atoms with Gasteiger partial charge in [-0.2, -0.15) is 0 Å². The van der Waals surface area contributed by atoms with E-state index in [1.54, 1.807) is 43.5 Å². The highest BCUT2D eigenvalue weighted by atomic mass is 32.2. The number of ether oxygens (including phenoxy) is 2. The van der Waals surface area contributed by atoms with E-state index in [0.717, 1.165) is 23.1 Å². The maximum atomic E-state index is 12.3. The van der Waals surface area contributed by atoms with E-state index in [1.807, 2.05) is 12.1 Å². The fourth-order valence-corrected chi connectivity index (χ4v) is 3.17. The van der Waals surface area contributed by atoms with Crippen LogP contribution in [0.2, 0.25) is 0 Å². The summed E-state index contributed by atoms with van der Waals surface area (Å²) in [7, 11) is 2.87. The predicted octanol–water partition coefficient (Wildman–Crippen LogP) is 2.18. The highest BCUT2D eigenvalue weighted by molar-refractivity contribution is 7.99. The molecule has 0 spiro atoms. The van der Waals surface area contributed by atoms with E-state index >= 15 is 0 Å². The van der Waals surface area contributed by atoms with Crippen molar-refractivity contribution in [2.24, 2.45) is 0 Å². The molecule has 0 aliphatic carbocycles. The van der Waals surface area contributed by atoms with E-state index in [9.17, 15) is 9.59 Å². The molecule has 3 aromatic rings. The number of rotatable bonds is 7. The molecular formula is C19H19N5O4S. The third-order valence-electron chi connectivity index (χ3n) is 3.95. The van der Waals surface area contributed by atoms with Crippen LogP contribution in [0.5, 0.6) is 5.75 Å². The summed E-state index contributed by atoms with van der Waals surface area (Å²) in [6.45, 7) is 0. The zero-order valence-electron chi connectivity index (χ0n) is 15.8. The Morgan fingerprint density at radius 2 is 1.83 bits per heavy atom. The van der Waals surface area contributed by atoms with Crippen molar-refractivity contribution in [3.8, 4) is 17.1 Å².